The Balaban J connectivity index is 1.69. The van der Waals surface area contributed by atoms with Crippen LogP contribution in [0, 0.1) is 24.5 Å². The lowest BCUT2D eigenvalue weighted by Crippen LogP contribution is -2.37. The molecule has 2 heterocycles. The van der Waals surface area contributed by atoms with Gasteiger partial charge in [-0.25, -0.2) is 8.78 Å². The zero-order valence-electron chi connectivity index (χ0n) is 20.6. The summed E-state index contributed by atoms with van der Waals surface area (Å²) in [5, 5.41) is 0.351. The fourth-order valence-electron chi connectivity index (χ4n) is 4.95. The molecule has 0 saturated carbocycles. The van der Waals surface area contributed by atoms with Crippen LogP contribution in [-0.2, 0) is 6.42 Å². The molecule has 4 aromatic rings. The van der Waals surface area contributed by atoms with Gasteiger partial charge in [-0.1, -0.05) is 56.3 Å². The number of aliphatic imine (C=N–C) groups is 1. The quantitative estimate of drug-likeness (QED) is 0.316. The van der Waals surface area contributed by atoms with Crippen LogP contribution >= 0.6 is 0 Å². The Morgan fingerprint density at radius 1 is 1.03 bits per heavy atom. The minimum absolute atomic E-state index is 0.0206. The molecule has 184 valence electrons. The molecule has 0 N–H and O–H groups in total. The maximum atomic E-state index is 14.4. The normalized spacial score (nSPS) is 14.5. The molecular formula is C30H28F2N2O2. The number of fused-ring (bicyclic) bond motifs is 1. The molecule has 1 aliphatic heterocycles. The van der Waals surface area contributed by atoms with Gasteiger partial charge in [-0.15, -0.1) is 0 Å². The zero-order chi connectivity index (χ0) is 25.4. The number of benzene rings is 3. The van der Waals surface area contributed by atoms with E-state index in [-0.39, 0.29) is 28.8 Å². The highest BCUT2D eigenvalue weighted by atomic mass is 19.1. The van der Waals surface area contributed by atoms with E-state index in [9.17, 15) is 13.6 Å². The SMILES string of the molecule is Cc1ccc(C2=NCCN2C(c2oc3cc(F)ccc3c(=O)c2Cc2ccccc2)C(C)C)cc1F. The highest BCUT2D eigenvalue weighted by Gasteiger charge is 2.34. The van der Waals surface area contributed by atoms with E-state index in [4.69, 9.17) is 9.41 Å². The van der Waals surface area contributed by atoms with Crippen LogP contribution in [0.1, 0.15) is 47.9 Å². The van der Waals surface area contributed by atoms with E-state index in [1.54, 1.807) is 13.0 Å². The van der Waals surface area contributed by atoms with Gasteiger partial charge in [0.05, 0.1) is 18.0 Å². The lowest BCUT2D eigenvalue weighted by molar-refractivity contribution is 0.231. The smallest absolute Gasteiger partial charge is 0.196 e. The number of amidine groups is 1. The van der Waals surface area contributed by atoms with Crippen molar-refractivity contribution in [1.82, 2.24) is 4.90 Å². The van der Waals surface area contributed by atoms with Crippen molar-refractivity contribution in [3.05, 3.63) is 117 Å². The Bertz CT molecular complexity index is 1510. The van der Waals surface area contributed by atoms with Crippen molar-refractivity contribution >= 4 is 16.8 Å². The van der Waals surface area contributed by atoms with E-state index in [1.807, 2.05) is 36.4 Å². The molecule has 0 aliphatic carbocycles. The number of nitrogens with zero attached hydrogens (tertiary/aromatic N) is 2. The summed E-state index contributed by atoms with van der Waals surface area (Å²) in [5.74, 6) is 0.430. The van der Waals surface area contributed by atoms with Crippen molar-refractivity contribution in [2.45, 2.75) is 33.2 Å². The summed E-state index contributed by atoms with van der Waals surface area (Å²) in [7, 11) is 0. The van der Waals surface area contributed by atoms with Gasteiger partial charge < -0.3 is 9.32 Å². The molecule has 1 aromatic heterocycles. The van der Waals surface area contributed by atoms with Crippen LogP contribution in [0.4, 0.5) is 8.78 Å². The predicted molar refractivity (Wildman–Crippen MR) is 139 cm³/mol. The van der Waals surface area contributed by atoms with Crippen LogP contribution in [-0.4, -0.2) is 23.8 Å². The van der Waals surface area contributed by atoms with E-state index in [2.05, 4.69) is 18.7 Å². The highest BCUT2D eigenvalue weighted by Crippen LogP contribution is 2.35. The first-order chi connectivity index (χ1) is 17.3. The number of rotatable bonds is 6. The summed E-state index contributed by atoms with van der Waals surface area (Å²) >= 11 is 0. The third-order valence-corrected chi connectivity index (χ3v) is 6.74. The summed E-state index contributed by atoms with van der Waals surface area (Å²) in [6.45, 7) is 6.98. The molecule has 0 radical (unpaired) electrons. The number of hydrogen-bond donors (Lipinski definition) is 0. The average Bonchev–Trinajstić information content (AvgIpc) is 3.33. The molecule has 0 bridgehead atoms. The summed E-state index contributed by atoms with van der Waals surface area (Å²) < 4.78 is 35.0. The van der Waals surface area contributed by atoms with Crippen molar-refractivity contribution in [3.63, 3.8) is 0 Å². The highest BCUT2D eigenvalue weighted by molar-refractivity contribution is 6.00. The third-order valence-electron chi connectivity index (χ3n) is 6.74. The lowest BCUT2D eigenvalue weighted by Gasteiger charge is -2.34. The van der Waals surface area contributed by atoms with Crippen LogP contribution in [0.15, 0.2) is 80.9 Å². The Morgan fingerprint density at radius 2 is 1.81 bits per heavy atom. The molecule has 0 amide bonds. The van der Waals surface area contributed by atoms with E-state index < -0.39 is 5.82 Å². The van der Waals surface area contributed by atoms with Gasteiger partial charge in [0.25, 0.3) is 0 Å². The van der Waals surface area contributed by atoms with E-state index >= 15 is 0 Å². The second-order valence-corrected chi connectivity index (χ2v) is 9.63. The van der Waals surface area contributed by atoms with E-state index in [0.29, 0.717) is 53.2 Å². The van der Waals surface area contributed by atoms with Crippen LogP contribution in [0.3, 0.4) is 0 Å². The zero-order valence-corrected chi connectivity index (χ0v) is 20.6. The first kappa shape index (κ1) is 23.9. The Hall–Kier alpha value is -3.80. The summed E-state index contributed by atoms with van der Waals surface area (Å²) in [6, 6.07) is 18.5. The number of halogens is 2. The van der Waals surface area contributed by atoms with Gasteiger partial charge in [-0.05, 0) is 42.2 Å². The molecule has 6 heteroatoms. The first-order valence-corrected chi connectivity index (χ1v) is 12.2. The second kappa shape index (κ2) is 9.69. The van der Waals surface area contributed by atoms with Crippen molar-refractivity contribution in [2.75, 3.05) is 13.1 Å². The van der Waals surface area contributed by atoms with E-state index in [1.165, 1.54) is 24.3 Å². The van der Waals surface area contributed by atoms with Gasteiger partial charge in [0.2, 0.25) is 0 Å². The molecular weight excluding hydrogens is 458 g/mol. The minimum atomic E-state index is -0.466. The molecule has 0 saturated heterocycles. The van der Waals surface area contributed by atoms with Crippen molar-refractivity contribution in [1.29, 1.82) is 0 Å². The Morgan fingerprint density at radius 3 is 2.53 bits per heavy atom. The van der Waals surface area contributed by atoms with Gasteiger partial charge in [0, 0.05) is 30.2 Å². The molecule has 1 unspecified atom stereocenters. The van der Waals surface area contributed by atoms with Gasteiger partial charge in [0.15, 0.2) is 5.43 Å². The predicted octanol–water partition coefficient (Wildman–Crippen LogP) is 6.43. The van der Waals surface area contributed by atoms with Crippen LogP contribution < -0.4 is 5.43 Å². The van der Waals surface area contributed by atoms with Gasteiger partial charge in [-0.3, -0.25) is 9.79 Å². The summed E-state index contributed by atoms with van der Waals surface area (Å²) in [6.07, 6.45) is 0.383. The van der Waals surface area contributed by atoms with Gasteiger partial charge in [0.1, 0.15) is 28.8 Å². The monoisotopic (exact) mass is 486 g/mol. The molecule has 4 nitrogen and oxygen atoms in total. The van der Waals surface area contributed by atoms with Crippen molar-refractivity contribution < 1.29 is 13.2 Å². The maximum absolute atomic E-state index is 14.4. The summed E-state index contributed by atoms with van der Waals surface area (Å²) in [4.78, 5) is 20.5. The van der Waals surface area contributed by atoms with Crippen LogP contribution in [0.25, 0.3) is 11.0 Å². The number of aryl methyl sites for hydroxylation is 1. The molecule has 3 aromatic carbocycles. The topological polar surface area (TPSA) is 45.8 Å². The van der Waals surface area contributed by atoms with Gasteiger partial charge in [-0.2, -0.15) is 0 Å². The van der Waals surface area contributed by atoms with Crippen LogP contribution in [0.2, 0.25) is 0 Å². The minimum Gasteiger partial charge on any atom is -0.458 e. The Labute approximate surface area is 208 Å². The van der Waals surface area contributed by atoms with Gasteiger partial charge >= 0.3 is 0 Å². The molecule has 0 fully saturated rings. The van der Waals surface area contributed by atoms with E-state index in [0.717, 1.165) is 5.56 Å². The largest absolute Gasteiger partial charge is 0.458 e. The molecule has 5 rings (SSSR count). The summed E-state index contributed by atoms with van der Waals surface area (Å²) in [5.41, 5.74) is 2.82. The lowest BCUT2D eigenvalue weighted by atomic mass is 9.92. The fraction of sp³-hybridized carbons (Fsp3) is 0.267. The molecule has 36 heavy (non-hydrogen) atoms. The maximum Gasteiger partial charge on any atom is 0.196 e. The Kier molecular flexibility index (Phi) is 6.44. The molecule has 1 atom stereocenters. The van der Waals surface area contributed by atoms with Crippen molar-refractivity contribution in [2.24, 2.45) is 10.9 Å². The average molecular weight is 487 g/mol. The van der Waals surface area contributed by atoms with Crippen LogP contribution in [0.5, 0.6) is 0 Å². The molecule has 1 aliphatic rings. The fourth-order valence-corrected chi connectivity index (χ4v) is 4.95. The molecule has 0 spiro atoms. The second-order valence-electron chi connectivity index (χ2n) is 9.63. The third kappa shape index (κ3) is 4.43. The van der Waals surface area contributed by atoms with Crippen molar-refractivity contribution in [3.8, 4) is 0 Å². The first-order valence-electron chi connectivity index (χ1n) is 12.2. The standard InChI is InChI=1S/C30H28F2N2O2/c1-18(2)27(34-14-13-33-30(34)21-10-9-19(3)25(32)16-21)29-24(15-20-7-5-4-6-8-20)28(35)23-12-11-22(31)17-26(23)36-29/h4-12,16-18,27H,13-15H2,1-3H3. The number of hydrogen-bond acceptors (Lipinski definition) is 4.